The molecule has 3 rings (SSSR count). The number of carbonyl (C=O) groups is 1. The fourth-order valence-corrected chi connectivity index (χ4v) is 3.35. The fraction of sp³-hybridized carbons (Fsp3) is 0.312. The third kappa shape index (κ3) is 4.11. The monoisotopic (exact) mass is 424 g/mol. The van der Waals surface area contributed by atoms with Gasteiger partial charge in [-0.2, -0.15) is 0 Å². The summed E-state index contributed by atoms with van der Waals surface area (Å²) in [5.41, 5.74) is -1.42. The molecule has 0 bridgehead atoms. The molecule has 2 aromatic rings. The predicted molar refractivity (Wildman–Crippen MR) is 95.4 cm³/mol. The quantitative estimate of drug-likeness (QED) is 0.714. The Balaban J connectivity index is 1.86. The highest BCUT2D eigenvalue weighted by Crippen LogP contribution is 3.02. The molecule has 28 heavy (non-hydrogen) atoms. The van der Waals surface area contributed by atoms with Crippen molar-refractivity contribution in [1.82, 2.24) is 15.3 Å². The van der Waals surface area contributed by atoms with Crippen molar-refractivity contribution in [2.24, 2.45) is 0 Å². The van der Waals surface area contributed by atoms with Gasteiger partial charge >= 0.3 is 10.2 Å². The Bertz CT molecular complexity index is 999. The highest BCUT2D eigenvalue weighted by Gasteiger charge is 2.65. The number of nitrogens with one attached hydrogen (secondary N) is 2. The van der Waals surface area contributed by atoms with Gasteiger partial charge in [-0.25, -0.2) is 4.98 Å². The second-order valence-electron chi connectivity index (χ2n) is 6.88. The molecule has 1 aromatic carbocycles. The van der Waals surface area contributed by atoms with Crippen LogP contribution in [-0.4, -0.2) is 30.0 Å². The number of hydrogen-bond acceptors (Lipinski definition) is 4. The highest BCUT2D eigenvalue weighted by molar-refractivity contribution is 8.45. The van der Waals surface area contributed by atoms with E-state index in [4.69, 9.17) is 0 Å². The van der Waals surface area contributed by atoms with Crippen LogP contribution in [0.25, 0.3) is 0 Å². The lowest BCUT2D eigenvalue weighted by molar-refractivity contribution is 0.0925. The van der Waals surface area contributed by atoms with Crippen molar-refractivity contribution in [2.45, 2.75) is 23.3 Å². The summed E-state index contributed by atoms with van der Waals surface area (Å²) in [6.07, 6.45) is 0.830. The minimum atomic E-state index is -9.75. The smallest absolute Gasteiger partial charge is 0.310 e. The van der Waals surface area contributed by atoms with Gasteiger partial charge in [0.2, 0.25) is 5.95 Å². The SMILES string of the molecule is CN(C)c1nc(C(=O)NC2(c3ccc(S(F)(F)(F)(F)F)cc3)CC2)cc(=O)[nH]1. The van der Waals surface area contributed by atoms with Gasteiger partial charge in [0.1, 0.15) is 10.6 Å². The van der Waals surface area contributed by atoms with Crippen LogP contribution in [-0.2, 0) is 5.54 Å². The van der Waals surface area contributed by atoms with Crippen molar-refractivity contribution in [3.63, 3.8) is 0 Å². The van der Waals surface area contributed by atoms with E-state index in [0.29, 0.717) is 25.0 Å². The van der Waals surface area contributed by atoms with Crippen LogP contribution >= 0.6 is 10.2 Å². The van der Waals surface area contributed by atoms with Gasteiger partial charge in [-0.3, -0.25) is 14.6 Å². The lowest BCUT2D eigenvalue weighted by Crippen LogP contribution is -2.36. The summed E-state index contributed by atoms with van der Waals surface area (Å²) < 4.78 is 64.2. The van der Waals surface area contributed by atoms with E-state index in [1.54, 1.807) is 14.1 Å². The van der Waals surface area contributed by atoms with E-state index in [2.05, 4.69) is 15.3 Å². The molecule has 0 aliphatic heterocycles. The van der Waals surface area contributed by atoms with Gasteiger partial charge in [0.15, 0.2) is 0 Å². The Morgan fingerprint density at radius 2 is 1.71 bits per heavy atom. The first kappa shape index (κ1) is 20.1. The van der Waals surface area contributed by atoms with E-state index in [1.807, 2.05) is 0 Å². The number of amides is 1. The van der Waals surface area contributed by atoms with Crippen molar-refractivity contribution < 1.29 is 24.2 Å². The van der Waals surface area contributed by atoms with Gasteiger partial charge < -0.3 is 10.2 Å². The third-order valence-electron chi connectivity index (χ3n) is 4.34. The molecule has 1 aliphatic carbocycles. The van der Waals surface area contributed by atoms with Crippen LogP contribution in [0, 0.1) is 0 Å². The fourth-order valence-electron chi connectivity index (χ4n) is 2.70. The van der Waals surface area contributed by atoms with Crippen LogP contribution in [0.15, 0.2) is 40.0 Å². The largest absolute Gasteiger partial charge is 0.348 e. The molecule has 0 unspecified atom stereocenters. The van der Waals surface area contributed by atoms with E-state index in [-0.39, 0.29) is 17.2 Å². The van der Waals surface area contributed by atoms with Crippen LogP contribution < -0.4 is 15.8 Å². The maximum absolute atomic E-state index is 12.8. The Labute approximate surface area is 156 Å². The van der Waals surface area contributed by atoms with E-state index in [9.17, 15) is 29.0 Å². The summed E-state index contributed by atoms with van der Waals surface area (Å²) in [7, 11) is -6.53. The number of hydrogen-bond donors (Lipinski definition) is 2. The first-order chi connectivity index (χ1) is 12.6. The number of benzene rings is 1. The molecule has 154 valence electrons. The van der Waals surface area contributed by atoms with E-state index in [1.165, 1.54) is 4.90 Å². The average Bonchev–Trinajstić information content (AvgIpc) is 3.33. The molecular weight excluding hydrogens is 407 g/mol. The molecule has 0 atom stereocenters. The second-order valence-corrected chi connectivity index (χ2v) is 9.29. The van der Waals surface area contributed by atoms with Crippen LogP contribution in [0.2, 0.25) is 0 Å². The number of H-pyrrole nitrogens is 1. The minimum absolute atomic E-state index is 0.155. The van der Waals surface area contributed by atoms with Crippen molar-refractivity contribution in [2.75, 3.05) is 19.0 Å². The van der Waals surface area contributed by atoms with Crippen LogP contribution in [0.3, 0.4) is 0 Å². The standard InChI is InChI=1S/C16H17F5N4O2S/c1-25(2)15-22-12(9-13(26)23-15)14(27)24-16(7-8-16)10-3-5-11(6-4-10)28(17,18,19,20)21/h3-6,9H,7-8H2,1-2H3,(H,24,27)(H,22,23,26). The van der Waals surface area contributed by atoms with Crippen LogP contribution in [0.4, 0.5) is 25.4 Å². The van der Waals surface area contributed by atoms with Crippen molar-refractivity contribution >= 4 is 22.1 Å². The van der Waals surface area contributed by atoms with Crippen molar-refractivity contribution in [1.29, 1.82) is 0 Å². The Morgan fingerprint density at radius 3 is 2.18 bits per heavy atom. The predicted octanol–water partition coefficient (Wildman–Crippen LogP) is 3.91. The molecule has 0 saturated heterocycles. The Kier molecular flexibility index (Phi) is 3.92. The number of halogens is 5. The number of nitrogens with zero attached hydrogens (tertiary/aromatic N) is 2. The number of carbonyl (C=O) groups excluding carboxylic acids is 1. The lowest BCUT2D eigenvalue weighted by Gasteiger charge is -2.40. The molecular formula is C16H17F5N4O2S. The van der Waals surface area contributed by atoms with Gasteiger partial charge in [0, 0.05) is 20.2 Å². The zero-order valence-electron chi connectivity index (χ0n) is 14.8. The maximum atomic E-state index is 12.8. The summed E-state index contributed by atoms with van der Waals surface area (Å²) in [5, 5.41) is 2.64. The molecule has 1 amide bonds. The lowest BCUT2D eigenvalue weighted by atomic mass is 10.0. The average molecular weight is 424 g/mol. The summed E-state index contributed by atoms with van der Waals surface area (Å²) in [4.78, 5) is 30.1. The van der Waals surface area contributed by atoms with E-state index >= 15 is 0 Å². The zero-order chi connectivity index (χ0) is 21.0. The normalized spacial score (nSPS) is 18.0. The van der Waals surface area contributed by atoms with Crippen molar-refractivity contribution in [3.05, 3.63) is 51.9 Å². The summed E-state index contributed by atoms with van der Waals surface area (Å²) in [6.45, 7) is 0. The first-order valence-corrected chi connectivity index (χ1v) is 10.0. The molecule has 0 spiro atoms. The molecule has 1 fully saturated rings. The molecule has 2 N–H and O–H groups in total. The molecule has 6 nitrogen and oxygen atoms in total. The number of rotatable bonds is 5. The number of aromatic amines is 1. The molecule has 1 saturated carbocycles. The topological polar surface area (TPSA) is 78.1 Å². The second kappa shape index (κ2) is 5.46. The van der Waals surface area contributed by atoms with Crippen LogP contribution in [0.1, 0.15) is 28.9 Å². The van der Waals surface area contributed by atoms with Gasteiger partial charge in [-0.1, -0.05) is 31.6 Å². The van der Waals surface area contributed by atoms with Gasteiger partial charge in [0.25, 0.3) is 11.5 Å². The summed E-state index contributed by atoms with van der Waals surface area (Å²) in [6, 6.07) is 3.49. The van der Waals surface area contributed by atoms with Gasteiger partial charge in [-0.05, 0) is 30.5 Å². The van der Waals surface area contributed by atoms with E-state index in [0.717, 1.165) is 18.2 Å². The zero-order valence-corrected chi connectivity index (χ0v) is 15.6. The van der Waals surface area contributed by atoms with Gasteiger partial charge in [-0.15, -0.1) is 0 Å². The molecule has 1 heterocycles. The maximum Gasteiger partial charge on any atom is 0.310 e. The van der Waals surface area contributed by atoms with E-state index < -0.39 is 32.1 Å². The minimum Gasteiger partial charge on any atom is -0.348 e. The highest BCUT2D eigenvalue weighted by atomic mass is 32.5. The number of aromatic nitrogens is 2. The summed E-state index contributed by atoms with van der Waals surface area (Å²) in [5.74, 6) is -0.536. The van der Waals surface area contributed by atoms with Crippen molar-refractivity contribution in [3.8, 4) is 0 Å². The Hall–Kier alpha value is -2.63. The first-order valence-electron chi connectivity index (χ1n) is 8.05. The molecule has 1 aromatic heterocycles. The molecule has 12 heteroatoms. The molecule has 0 radical (unpaired) electrons. The third-order valence-corrected chi connectivity index (χ3v) is 5.50. The Morgan fingerprint density at radius 1 is 1.14 bits per heavy atom. The summed E-state index contributed by atoms with van der Waals surface area (Å²) >= 11 is 0. The molecule has 1 aliphatic rings. The van der Waals surface area contributed by atoms with Crippen LogP contribution in [0.5, 0.6) is 0 Å². The van der Waals surface area contributed by atoms with Gasteiger partial charge in [0.05, 0.1) is 5.54 Å². The number of anilines is 1.